The summed E-state index contributed by atoms with van der Waals surface area (Å²) in [6.07, 6.45) is 2.42. The van der Waals surface area contributed by atoms with Gasteiger partial charge in [-0.05, 0) is 61.1 Å². The molecule has 0 radical (unpaired) electrons. The van der Waals surface area contributed by atoms with Crippen LogP contribution in [0.5, 0.6) is 0 Å². The van der Waals surface area contributed by atoms with Gasteiger partial charge in [-0.2, -0.15) is 0 Å². The minimum Gasteiger partial charge on any atom is -0.382 e. The van der Waals surface area contributed by atoms with Crippen LogP contribution >= 0.6 is 31.9 Å². The standard InChI is InChI=1S/C17H17Br2N/c1-11-16(19)6-3-7-17(11)20-15-9-13(10-15)12-4-2-5-14(18)8-12/h2-8,13,15,20H,9-10H2,1H3. The average Bonchev–Trinajstić information content (AvgIpc) is 2.38. The molecule has 104 valence electrons. The van der Waals surface area contributed by atoms with E-state index in [9.17, 15) is 0 Å². The van der Waals surface area contributed by atoms with Crippen molar-refractivity contribution in [3.8, 4) is 0 Å². The Bertz CT molecular complexity index is 618. The molecule has 0 atom stereocenters. The zero-order valence-electron chi connectivity index (χ0n) is 11.4. The molecule has 1 aliphatic rings. The van der Waals surface area contributed by atoms with Crippen LogP contribution in [0, 0.1) is 6.92 Å². The summed E-state index contributed by atoms with van der Waals surface area (Å²) in [6.45, 7) is 2.15. The highest BCUT2D eigenvalue weighted by atomic mass is 79.9. The summed E-state index contributed by atoms with van der Waals surface area (Å²) >= 11 is 7.14. The van der Waals surface area contributed by atoms with Crippen LogP contribution in [-0.4, -0.2) is 6.04 Å². The molecule has 0 unspecified atom stereocenters. The number of halogens is 2. The number of rotatable bonds is 3. The van der Waals surface area contributed by atoms with Crippen molar-refractivity contribution >= 4 is 37.5 Å². The largest absolute Gasteiger partial charge is 0.382 e. The number of hydrogen-bond donors (Lipinski definition) is 1. The smallest absolute Gasteiger partial charge is 0.0383 e. The molecule has 0 saturated heterocycles. The first-order chi connectivity index (χ1) is 9.63. The third-order valence-electron chi connectivity index (χ3n) is 4.09. The summed E-state index contributed by atoms with van der Waals surface area (Å²) in [4.78, 5) is 0. The lowest BCUT2D eigenvalue weighted by Crippen LogP contribution is -2.34. The van der Waals surface area contributed by atoms with Crippen molar-refractivity contribution < 1.29 is 0 Å². The first-order valence-corrected chi connectivity index (χ1v) is 8.49. The van der Waals surface area contributed by atoms with Gasteiger partial charge in [-0.1, -0.05) is 50.1 Å². The second-order valence-electron chi connectivity index (χ2n) is 5.48. The van der Waals surface area contributed by atoms with Gasteiger partial charge in [-0.25, -0.2) is 0 Å². The van der Waals surface area contributed by atoms with E-state index < -0.39 is 0 Å². The fraction of sp³-hybridized carbons (Fsp3) is 0.294. The predicted molar refractivity (Wildman–Crippen MR) is 92.4 cm³/mol. The highest BCUT2D eigenvalue weighted by Crippen LogP contribution is 2.39. The molecule has 0 bridgehead atoms. The second kappa shape index (κ2) is 5.90. The number of benzene rings is 2. The normalized spacial score (nSPS) is 21.4. The van der Waals surface area contributed by atoms with E-state index in [1.165, 1.54) is 38.6 Å². The third-order valence-corrected chi connectivity index (χ3v) is 5.44. The van der Waals surface area contributed by atoms with E-state index in [4.69, 9.17) is 0 Å². The van der Waals surface area contributed by atoms with Gasteiger partial charge in [0.15, 0.2) is 0 Å². The van der Waals surface area contributed by atoms with Crippen molar-refractivity contribution in [2.24, 2.45) is 0 Å². The Morgan fingerprint density at radius 1 is 1.05 bits per heavy atom. The van der Waals surface area contributed by atoms with E-state index in [1.54, 1.807) is 0 Å². The summed E-state index contributed by atoms with van der Waals surface area (Å²) in [5.41, 5.74) is 3.99. The van der Waals surface area contributed by atoms with Crippen LogP contribution < -0.4 is 5.32 Å². The molecule has 0 spiro atoms. The molecule has 2 aromatic rings. The molecule has 1 fully saturated rings. The first kappa shape index (κ1) is 14.2. The highest BCUT2D eigenvalue weighted by molar-refractivity contribution is 9.10. The van der Waals surface area contributed by atoms with Gasteiger partial charge in [0, 0.05) is 20.7 Å². The van der Waals surface area contributed by atoms with Crippen molar-refractivity contribution in [2.75, 3.05) is 5.32 Å². The maximum atomic E-state index is 3.66. The van der Waals surface area contributed by atoms with Gasteiger partial charge in [0.25, 0.3) is 0 Å². The number of hydrogen-bond acceptors (Lipinski definition) is 1. The summed E-state index contributed by atoms with van der Waals surface area (Å²) in [5, 5.41) is 3.66. The van der Waals surface area contributed by atoms with E-state index in [2.05, 4.69) is 86.6 Å². The fourth-order valence-electron chi connectivity index (χ4n) is 2.75. The Morgan fingerprint density at radius 3 is 2.55 bits per heavy atom. The van der Waals surface area contributed by atoms with Gasteiger partial charge in [-0.15, -0.1) is 0 Å². The molecule has 2 aromatic carbocycles. The van der Waals surface area contributed by atoms with E-state index in [0.717, 1.165) is 0 Å². The third kappa shape index (κ3) is 2.94. The quantitative estimate of drug-likeness (QED) is 0.685. The van der Waals surface area contributed by atoms with Gasteiger partial charge in [-0.3, -0.25) is 0 Å². The van der Waals surface area contributed by atoms with Crippen LogP contribution in [0.2, 0.25) is 0 Å². The molecule has 20 heavy (non-hydrogen) atoms. The lowest BCUT2D eigenvalue weighted by atomic mass is 9.76. The van der Waals surface area contributed by atoms with Crippen molar-refractivity contribution in [1.82, 2.24) is 0 Å². The van der Waals surface area contributed by atoms with Crippen LogP contribution in [0.25, 0.3) is 0 Å². The molecule has 0 aromatic heterocycles. The summed E-state index contributed by atoms with van der Waals surface area (Å²) in [5.74, 6) is 0.692. The Hall–Kier alpha value is -0.800. The van der Waals surface area contributed by atoms with Crippen molar-refractivity contribution in [1.29, 1.82) is 0 Å². The molecule has 1 N–H and O–H groups in total. The van der Waals surface area contributed by atoms with Gasteiger partial charge in [0.2, 0.25) is 0 Å². The van der Waals surface area contributed by atoms with Crippen molar-refractivity contribution in [2.45, 2.75) is 31.7 Å². The Labute approximate surface area is 137 Å². The summed E-state index contributed by atoms with van der Waals surface area (Å²) < 4.78 is 2.35. The molecular formula is C17H17Br2N. The zero-order valence-corrected chi connectivity index (χ0v) is 14.5. The predicted octanol–water partition coefficient (Wildman–Crippen LogP) is 5.88. The topological polar surface area (TPSA) is 12.0 Å². The van der Waals surface area contributed by atoms with E-state index >= 15 is 0 Å². The Balaban J connectivity index is 1.62. The van der Waals surface area contributed by atoms with Crippen LogP contribution in [0.15, 0.2) is 51.4 Å². The summed E-state index contributed by atoms with van der Waals surface area (Å²) in [6, 6.07) is 15.6. The second-order valence-corrected chi connectivity index (χ2v) is 7.25. The molecule has 1 aliphatic carbocycles. The molecule has 3 rings (SSSR count). The van der Waals surface area contributed by atoms with Gasteiger partial charge in [0.1, 0.15) is 0 Å². The fourth-order valence-corrected chi connectivity index (χ4v) is 3.54. The SMILES string of the molecule is Cc1c(Br)cccc1NC1CC(c2cccc(Br)c2)C1. The van der Waals surface area contributed by atoms with E-state index in [1.807, 2.05) is 0 Å². The van der Waals surface area contributed by atoms with Gasteiger partial charge < -0.3 is 5.32 Å². The minimum absolute atomic E-state index is 0.590. The van der Waals surface area contributed by atoms with Crippen LogP contribution in [0.4, 0.5) is 5.69 Å². The molecule has 1 saturated carbocycles. The minimum atomic E-state index is 0.590. The Morgan fingerprint density at radius 2 is 1.80 bits per heavy atom. The Kier molecular flexibility index (Phi) is 4.18. The van der Waals surface area contributed by atoms with E-state index in [0.29, 0.717) is 12.0 Å². The zero-order chi connectivity index (χ0) is 14.1. The highest BCUT2D eigenvalue weighted by Gasteiger charge is 2.30. The number of anilines is 1. The van der Waals surface area contributed by atoms with Crippen molar-refractivity contribution in [3.63, 3.8) is 0 Å². The molecule has 3 heteroatoms. The van der Waals surface area contributed by atoms with E-state index in [-0.39, 0.29) is 0 Å². The van der Waals surface area contributed by atoms with Gasteiger partial charge in [0.05, 0.1) is 0 Å². The average molecular weight is 395 g/mol. The maximum absolute atomic E-state index is 3.66. The monoisotopic (exact) mass is 393 g/mol. The number of nitrogens with one attached hydrogen (secondary N) is 1. The lowest BCUT2D eigenvalue weighted by molar-refractivity contribution is 0.374. The maximum Gasteiger partial charge on any atom is 0.0383 e. The van der Waals surface area contributed by atoms with Crippen LogP contribution in [0.3, 0.4) is 0 Å². The molecular weight excluding hydrogens is 378 g/mol. The van der Waals surface area contributed by atoms with Gasteiger partial charge >= 0.3 is 0 Å². The molecule has 0 aliphatic heterocycles. The molecule has 1 nitrogen and oxygen atoms in total. The lowest BCUT2D eigenvalue weighted by Gasteiger charge is -2.37. The van der Waals surface area contributed by atoms with Crippen LogP contribution in [0.1, 0.15) is 29.9 Å². The van der Waals surface area contributed by atoms with Crippen LogP contribution in [-0.2, 0) is 0 Å². The van der Waals surface area contributed by atoms with Crippen molar-refractivity contribution in [3.05, 3.63) is 62.5 Å². The first-order valence-electron chi connectivity index (χ1n) is 6.90. The molecule has 0 heterocycles. The molecule has 0 amide bonds. The summed E-state index contributed by atoms with van der Waals surface area (Å²) in [7, 11) is 0.